The first-order chi connectivity index (χ1) is 20.9. The number of ether oxygens (including phenoxy) is 2. The molecule has 0 radical (unpaired) electrons. The van der Waals surface area contributed by atoms with Crippen LogP contribution in [-0.4, -0.2) is 76.6 Å². The normalized spacial score (nSPS) is 14.6. The van der Waals surface area contributed by atoms with Crippen molar-refractivity contribution in [3.8, 4) is 17.1 Å². The van der Waals surface area contributed by atoms with Crippen LogP contribution in [0.15, 0.2) is 41.3 Å². The highest BCUT2D eigenvalue weighted by Gasteiger charge is 2.23. The molecule has 43 heavy (non-hydrogen) atoms. The number of anilines is 1. The minimum Gasteiger partial charge on any atom is -0.494 e. The standard InChI is InChI=1S/C31H35Cl2N7O3/c1-18-16-20(19-7-11-39(12-8-19)14-15-42-2)17-23-27(18)37-30(36-23)25-22(6-9-35-31(25)41)34-10-13-40-24-5-4-21(32)28(43-3)26(24)29(33)38-40/h4-6,9,16-17,19H,7-8,10-15H2,1-3H3,(H,36,37)(H2,34,35,41). The first-order valence-corrected chi connectivity index (χ1v) is 15.2. The number of nitrogens with one attached hydrogen (secondary N) is 3. The van der Waals surface area contributed by atoms with E-state index in [2.05, 4.69) is 44.3 Å². The van der Waals surface area contributed by atoms with Crippen LogP contribution in [0.4, 0.5) is 5.69 Å². The van der Waals surface area contributed by atoms with Crippen LogP contribution in [-0.2, 0) is 11.3 Å². The summed E-state index contributed by atoms with van der Waals surface area (Å²) in [6.45, 7) is 6.93. The Kier molecular flexibility index (Phi) is 8.63. The Bertz CT molecular complexity index is 1820. The molecule has 226 valence electrons. The minimum atomic E-state index is -0.225. The number of hydrogen-bond donors (Lipinski definition) is 3. The molecule has 3 aromatic heterocycles. The van der Waals surface area contributed by atoms with Crippen LogP contribution in [0, 0.1) is 6.92 Å². The van der Waals surface area contributed by atoms with Crippen molar-refractivity contribution in [2.45, 2.75) is 32.2 Å². The highest BCUT2D eigenvalue weighted by Crippen LogP contribution is 2.37. The van der Waals surface area contributed by atoms with Crippen LogP contribution in [0.25, 0.3) is 33.3 Å². The summed E-state index contributed by atoms with van der Waals surface area (Å²) >= 11 is 12.7. The fourth-order valence-corrected chi connectivity index (χ4v) is 6.59. The smallest absolute Gasteiger partial charge is 0.261 e. The number of H-pyrrole nitrogens is 2. The molecule has 1 saturated heterocycles. The number of likely N-dealkylation sites (tertiary alicyclic amines) is 1. The third-order valence-electron chi connectivity index (χ3n) is 8.29. The summed E-state index contributed by atoms with van der Waals surface area (Å²) in [4.78, 5) is 26.7. The van der Waals surface area contributed by atoms with Gasteiger partial charge in [-0.1, -0.05) is 29.3 Å². The van der Waals surface area contributed by atoms with Gasteiger partial charge < -0.3 is 29.7 Å². The van der Waals surface area contributed by atoms with Crippen LogP contribution < -0.4 is 15.6 Å². The van der Waals surface area contributed by atoms with E-state index >= 15 is 0 Å². The number of halogens is 2. The van der Waals surface area contributed by atoms with E-state index in [1.807, 2.05) is 12.1 Å². The summed E-state index contributed by atoms with van der Waals surface area (Å²) in [7, 11) is 3.30. The Morgan fingerprint density at radius 3 is 2.70 bits per heavy atom. The third kappa shape index (κ3) is 5.84. The Morgan fingerprint density at radius 2 is 1.93 bits per heavy atom. The summed E-state index contributed by atoms with van der Waals surface area (Å²) in [5.41, 5.74) is 5.93. The van der Waals surface area contributed by atoms with Crippen molar-refractivity contribution in [3.05, 3.63) is 68.2 Å². The number of fused-ring (bicyclic) bond motifs is 2. The predicted molar refractivity (Wildman–Crippen MR) is 172 cm³/mol. The second kappa shape index (κ2) is 12.6. The number of pyridine rings is 1. The van der Waals surface area contributed by atoms with E-state index in [-0.39, 0.29) is 5.56 Å². The highest BCUT2D eigenvalue weighted by molar-refractivity contribution is 6.37. The molecule has 1 fully saturated rings. The predicted octanol–water partition coefficient (Wildman–Crippen LogP) is 5.83. The van der Waals surface area contributed by atoms with Crippen LogP contribution >= 0.6 is 23.2 Å². The second-order valence-electron chi connectivity index (χ2n) is 10.9. The lowest BCUT2D eigenvalue weighted by Crippen LogP contribution is -2.35. The average Bonchev–Trinajstić information content (AvgIpc) is 3.57. The van der Waals surface area contributed by atoms with Gasteiger partial charge in [0.2, 0.25) is 0 Å². The van der Waals surface area contributed by atoms with Gasteiger partial charge in [0, 0.05) is 26.4 Å². The van der Waals surface area contributed by atoms with Crippen LogP contribution in [0.3, 0.4) is 0 Å². The van der Waals surface area contributed by atoms with Gasteiger partial charge in [0.05, 0.1) is 52.9 Å². The lowest BCUT2D eigenvalue weighted by atomic mass is 9.88. The van der Waals surface area contributed by atoms with Crippen molar-refractivity contribution in [1.82, 2.24) is 29.6 Å². The van der Waals surface area contributed by atoms with Crippen LogP contribution in [0.1, 0.15) is 29.9 Å². The Balaban J connectivity index is 1.22. The molecular formula is C31H35Cl2N7O3. The molecule has 6 rings (SSSR count). The zero-order chi connectivity index (χ0) is 30.1. The molecular weight excluding hydrogens is 589 g/mol. The second-order valence-corrected chi connectivity index (χ2v) is 11.7. The van der Waals surface area contributed by atoms with E-state index < -0.39 is 0 Å². The number of methoxy groups -OCH3 is 2. The number of piperidine rings is 1. The molecule has 3 N–H and O–H groups in total. The number of hydrogen-bond acceptors (Lipinski definition) is 7. The Morgan fingerprint density at radius 1 is 1.12 bits per heavy atom. The summed E-state index contributed by atoms with van der Waals surface area (Å²) in [6.07, 6.45) is 3.85. The van der Waals surface area contributed by atoms with Crippen molar-refractivity contribution in [2.75, 3.05) is 52.3 Å². The minimum absolute atomic E-state index is 0.225. The summed E-state index contributed by atoms with van der Waals surface area (Å²) in [5, 5.41) is 9.34. The largest absolute Gasteiger partial charge is 0.494 e. The van der Waals surface area contributed by atoms with E-state index in [0.29, 0.717) is 57.4 Å². The van der Waals surface area contributed by atoms with Gasteiger partial charge >= 0.3 is 0 Å². The van der Waals surface area contributed by atoms with Crippen LogP contribution in [0.2, 0.25) is 10.2 Å². The zero-order valence-electron chi connectivity index (χ0n) is 24.5. The van der Waals surface area contributed by atoms with Gasteiger partial charge in [-0.3, -0.25) is 9.48 Å². The zero-order valence-corrected chi connectivity index (χ0v) is 26.0. The molecule has 1 aliphatic rings. The quantitative estimate of drug-likeness (QED) is 0.179. The van der Waals surface area contributed by atoms with E-state index in [4.69, 9.17) is 37.7 Å². The lowest BCUT2D eigenvalue weighted by molar-refractivity contribution is 0.130. The SMILES string of the molecule is COCCN1CCC(c2cc(C)c3nc(-c4c(NCCn5nc(Cl)c6c(OC)c(Cl)ccc65)cc[nH]c4=O)[nH]c3c2)CC1. The van der Waals surface area contributed by atoms with Crippen molar-refractivity contribution in [1.29, 1.82) is 0 Å². The van der Waals surface area contributed by atoms with Gasteiger partial charge in [-0.25, -0.2) is 4.98 Å². The molecule has 5 aromatic rings. The number of rotatable bonds is 10. The maximum Gasteiger partial charge on any atom is 0.261 e. The Labute approximate surface area is 259 Å². The molecule has 0 unspecified atom stereocenters. The van der Waals surface area contributed by atoms with Crippen molar-refractivity contribution in [3.63, 3.8) is 0 Å². The summed E-state index contributed by atoms with van der Waals surface area (Å²) in [5.74, 6) is 1.52. The average molecular weight is 625 g/mol. The van der Waals surface area contributed by atoms with E-state index in [1.54, 1.807) is 31.2 Å². The molecule has 0 spiro atoms. The molecule has 4 heterocycles. The highest BCUT2D eigenvalue weighted by atomic mass is 35.5. The number of nitrogens with zero attached hydrogens (tertiary/aromatic N) is 4. The molecule has 0 amide bonds. The van der Waals surface area contributed by atoms with E-state index in [9.17, 15) is 4.79 Å². The molecule has 2 aromatic carbocycles. The van der Waals surface area contributed by atoms with E-state index in [1.165, 1.54) is 5.56 Å². The molecule has 0 aliphatic carbocycles. The first kappa shape index (κ1) is 29.5. The van der Waals surface area contributed by atoms with Gasteiger partial charge in [-0.05, 0) is 74.2 Å². The van der Waals surface area contributed by atoms with Gasteiger partial charge in [-0.15, -0.1) is 0 Å². The fraction of sp³-hybridized carbons (Fsp3) is 0.387. The third-order valence-corrected chi connectivity index (χ3v) is 8.85. The number of aryl methyl sites for hydroxylation is 1. The van der Waals surface area contributed by atoms with Crippen LogP contribution in [0.5, 0.6) is 5.75 Å². The molecule has 12 heteroatoms. The van der Waals surface area contributed by atoms with Crippen molar-refractivity contribution >= 4 is 50.8 Å². The molecule has 0 atom stereocenters. The molecule has 0 bridgehead atoms. The fourth-order valence-electron chi connectivity index (χ4n) is 6.08. The van der Waals surface area contributed by atoms with Gasteiger partial charge in [0.15, 0.2) is 5.15 Å². The van der Waals surface area contributed by atoms with Gasteiger partial charge in [0.25, 0.3) is 5.56 Å². The number of aromatic nitrogens is 5. The molecule has 0 saturated carbocycles. The maximum atomic E-state index is 13.1. The topological polar surface area (TPSA) is 113 Å². The maximum absolute atomic E-state index is 13.1. The number of aromatic amines is 2. The van der Waals surface area contributed by atoms with Gasteiger partial charge in [0.1, 0.15) is 17.1 Å². The molecule has 1 aliphatic heterocycles. The van der Waals surface area contributed by atoms with Crippen molar-refractivity contribution in [2.24, 2.45) is 0 Å². The Hall–Kier alpha value is -3.57. The summed E-state index contributed by atoms with van der Waals surface area (Å²) in [6, 6.07) is 9.93. The molecule has 10 nitrogen and oxygen atoms in total. The van der Waals surface area contributed by atoms with Crippen molar-refractivity contribution < 1.29 is 9.47 Å². The monoisotopic (exact) mass is 623 g/mol. The van der Waals surface area contributed by atoms with E-state index in [0.717, 1.165) is 61.2 Å². The lowest BCUT2D eigenvalue weighted by Gasteiger charge is -2.32. The number of benzene rings is 2. The van der Waals surface area contributed by atoms with Gasteiger partial charge in [-0.2, -0.15) is 5.10 Å². The summed E-state index contributed by atoms with van der Waals surface area (Å²) < 4.78 is 12.5. The number of imidazole rings is 1. The first-order valence-electron chi connectivity index (χ1n) is 14.4.